The molecule has 682 valence electrons. The summed E-state index contributed by atoms with van der Waals surface area (Å²) in [5.74, 6) is 0.927. The van der Waals surface area contributed by atoms with E-state index in [0.717, 1.165) is 56.0 Å². The van der Waals surface area contributed by atoms with Gasteiger partial charge in [-0.2, -0.15) is 0 Å². The van der Waals surface area contributed by atoms with Crippen molar-refractivity contribution in [3.8, 4) is 45.3 Å². The van der Waals surface area contributed by atoms with Crippen molar-refractivity contribution in [3.63, 3.8) is 0 Å². The highest BCUT2D eigenvalue weighted by Gasteiger charge is 2.28. The molecular weight excluding hydrogens is 1780 g/mol. The Morgan fingerprint density at radius 1 is 0.150 bits per heavy atom. The summed E-state index contributed by atoms with van der Waals surface area (Å²) in [5.41, 5.74) is 19.4. The minimum absolute atomic E-state index is 0.908. The van der Waals surface area contributed by atoms with Gasteiger partial charge in [0.1, 0.15) is 17.0 Å². The smallest absolute Gasteiger partial charge is 0.137 e. The van der Waals surface area contributed by atoms with Crippen molar-refractivity contribution in [1.82, 2.24) is 28.2 Å². The summed E-state index contributed by atoms with van der Waals surface area (Å²) in [6.45, 7) is 0. The summed E-state index contributed by atoms with van der Waals surface area (Å²) < 4.78 is 16.0. The van der Waals surface area contributed by atoms with Gasteiger partial charge in [0.25, 0.3) is 0 Å². The van der Waals surface area contributed by atoms with Crippen LogP contribution in [0.2, 0.25) is 0 Å². The van der Waals surface area contributed by atoms with E-state index in [1.54, 1.807) is 0 Å². The van der Waals surface area contributed by atoms with E-state index in [2.05, 4.69) is 516 Å². The zero-order chi connectivity index (χ0) is 96.4. The summed E-state index contributed by atoms with van der Waals surface area (Å²) in [7, 11) is 0. The SMILES string of the molecule is c1ccc(-c2ccc(-n3c4ccccc4c4c5ccccc5c5c6ccccc6ccc5c43)cn2)cc1.c1ccc(-c2ccc(-n3c4ccccc4c4c5ccccc5c5c6ccccc6ccc5c43)nc2)cc1.c1ccc(-n2c3ccccc3c3c4ccccc4c4c5ccccc5ccc4c32)cc1.c1ccc2cc3c(cc2c1)oc1ccc(-n2c4ccccc4c4c5ccccc5c5c6ccccc6ccc5c42)cc13. The predicted molar refractivity (Wildman–Crippen MR) is 624 cm³/mol. The van der Waals surface area contributed by atoms with Crippen molar-refractivity contribution in [3.05, 3.63) is 522 Å². The van der Waals surface area contributed by atoms with Gasteiger partial charge < -0.3 is 18.1 Å². The molecule has 0 saturated heterocycles. The van der Waals surface area contributed by atoms with Crippen molar-refractivity contribution < 1.29 is 4.42 Å². The topological polar surface area (TPSA) is 58.6 Å². The minimum Gasteiger partial charge on any atom is -0.456 e. The van der Waals surface area contributed by atoms with E-state index in [1.807, 2.05) is 24.5 Å². The van der Waals surface area contributed by atoms with Crippen molar-refractivity contribution in [2.24, 2.45) is 0 Å². The molecule has 0 saturated carbocycles. The Labute approximate surface area is 843 Å². The van der Waals surface area contributed by atoms with Crippen molar-refractivity contribution >= 4 is 249 Å². The van der Waals surface area contributed by atoms with Gasteiger partial charge in [0, 0.05) is 104 Å². The molecule has 0 N–H and O–H groups in total. The van der Waals surface area contributed by atoms with Gasteiger partial charge in [-0.3, -0.25) is 9.55 Å². The number of nitrogens with zero attached hydrogens (tertiary/aromatic N) is 6. The molecule has 147 heavy (non-hydrogen) atoms. The van der Waals surface area contributed by atoms with Crippen LogP contribution in [-0.2, 0) is 0 Å². The Bertz CT molecular complexity index is 11000. The lowest BCUT2D eigenvalue weighted by molar-refractivity contribution is 0.669. The predicted octanol–water partition coefficient (Wildman–Crippen LogP) is 38.1. The zero-order valence-electron chi connectivity index (χ0n) is 79.7. The van der Waals surface area contributed by atoms with Crippen molar-refractivity contribution in [1.29, 1.82) is 0 Å². The first-order chi connectivity index (χ1) is 73.0. The molecular formula is C140H86N6O. The molecule has 0 bridgehead atoms. The maximum Gasteiger partial charge on any atom is 0.137 e. The molecule has 0 radical (unpaired) electrons. The van der Waals surface area contributed by atoms with Crippen molar-refractivity contribution in [2.45, 2.75) is 0 Å². The second-order valence-electron chi connectivity index (χ2n) is 38.7. The van der Waals surface area contributed by atoms with Crippen LogP contribution in [0.1, 0.15) is 0 Å². The van der Waals surface area contributed by atoms with Gasteiger partial charge in [-0.15, -0.1) is 0 Å². The van der Waals surface area contributed by atoms with Crippen LogP contribution >= 0.6 is 0 Å². The highest BCUT2D eigenvalue weighted by molar-refractivity contribution is 6.41. The molecule has 7 heterocycles. The lowest BCUT2D eigenvalue weighted by atomic mass is 9.93. The molecule has 0 amide bonds. The second-order valence-corrected chi connectivity index (χ2v) is 38.7. The number of para-hydroxylation sites is 5. The Hall–Kier alpha value is -19.6. The number of benzene rings is 26. The average molecular weight is 1870 g/mol. The molecule has 0 aliphatic rings. The standard InChI is InChI=1S/C40H23NO.2C35H22N2.C30H19N/c1-2-11-26-22-37-33(21-25(26)10-1)34-23-27(18-20-36(34)42-37)41-35-16-8-7-15-31(35)39-30-14-6-5-13-29(30)38-28-12-4-3-9-24(28)17-19-32(38)40(39)41;1-2-11-24(12-3-1)31-21-19-25(22-36-31)37-32-17-9-8-16-29(32)34-28-15-7-6-14-27(28)33-26-13-5-4-10-23(26)18-20-30(33)35(34)37;1-2-10-23(11-3-1)25-19-21-32(36-22-25)37-31-17-9-8-16-29(31)34-28-15-7-6-14-27(28)33-26-13-5-4-12-24(26)18-20-30(33)35(34)37;1-2-11-21(12-3-1)31-27-17-9-8-16-25(27)29-24-15-7-6-14-23(24)28-22-13-5-4-10-20(22)18-19-26(28)30(29)31/h1-23H;2*1-22H;1-19H. The fourth-order valence-corrected chi connectivity index (χ4v) is 24.6. The van der Waals surface area contributed by atoms with Gasteiger partial charge in [0.05, 0.1) is 61.7 Å². The maximum absolute atomic E-state index is 6.37. The summed E-state index contributed by atoms with van der Waals surface area (Å²) >= 11 is 0. The quantitative estimate of drug-likeness (QED) is 0.156. The molecule has 0 aliphatic carbocycles. The summed E-state index contributed by atoms with van der Waals surface area (Å²) in [5, 5.41) is 45.8. The summed E-state index contributed by atoms with van der Waals surface area (Å²) in [6.07, 6.45) is 4.00. The van der Waals surface area contributed by atoms with Gasteiger partial charge in [-0.05, 0) is 215 Å². The molecule has 33 aromatic rings. The highest BCUT2D eigenvalue weighted by atomic mass is 16.3. The van der Waals surface area contributed by atoms with E-state index in [0.29, 0.717) is 0 Å². The number of rotatable bonds is 6. The van der Waals surface area contributed by atoms with E-state index in [9.17, 15) is 0 Å². The van der Waals surface area contributed by atoms with Crippen LogP contribution in [0.25, 0.3) is 294 Å². The molecule has 0 aliphatic heterocycles. The third-order valence-electron chi connectivity index (χ3n) is 30.9. The van der Waals surface area contributed by atoms with E-state index < -0.39 is 0 Å². The number of hydrogen-bond acceptors (Lipinski definition) is 3. The fraction of sp³-hybridized carbons (Fsp3) is 0. The van der Waals surface area contributed by atoms with Crippen LogP contribution < -0.4 is 0 Å². The lowest BCUT2D eigenvalue weighted by Crippen LogP contribution is -1.98. The summed E-state index contributed by atoms with van der Waals surface area (Å²) in [6, 6.07) is 183. The number of pyridine rings is 2. The Morgan fingerprint density at radius 3 is 0.844 bits per heavy atom. The molecule has 7 heteroatoms. The van der Waals surface area contributed by atoms with Crippen LogP contribution in [-0.4, -0.2) is 28.2 Å². The first-order valence-corrected chi connectivity index (χ1v) is 50.5. The fourth-order valence-electron chi connectivity index (χ4n) is 24.6. The van der Waals surface area contributed by atoms with Gasteiger partial charge in [-0.25, -0.2) is 4.98 Å². The number of furan rings is 1. The molecule has 0 unspecified atom stereocenters. The highest BCUT2D eigenvalue weighted by Crippen LogP contribution is 2.52. The number of aromatic nitrogens is 6. The van der Waals surface area contributed by atoms with Crippen LogP contribution in [0, 0.1) is 0 Å². The van der Waals surface area contributed by atoms with E-state index in [1.165, 1.54) is 239 Å². The molecule has 26 aromatic carbocycles. The van der Waals surface area contributed by atoms with E-state index in [4.69, 9.17) is 14.4 Å². The van der Waals surface area contributed by atoms with Crippen LogP contribution in [0.5, 0.6) is 0 Å². The zero-order valence-corrected chi connectivity index (χ0v) is 79.7. The van der Waals surface area contributed by atoms with Gasteiger partial charge >= 0.3 is 0 Å². The third kappa shape index (κ3) is 13.0. The monoisotopic (exact) mass is 1870 g/mol. The van der Waals surface area contributed by atoms with Gasteiger partial charge in [0.15, 0.2) is 0 Å². The van der Waals surface area contributed by atoms with Crippen LogP contribution in [0.4, 0.5) is 0 Å². The summed E-state index contributed by atoms with van der Waals surface area (Å²) in [4.78, 5) is 9.90. The van der Waals surface area contributed by atoms with E-state index in [-0.39, 0.29) is 0 Å². The normalized spacial score (nSPS) is 11.9. The Balaban J connectivity index is 0.0000000911. The maximum atomic E-state index is 6.37. The second kappa shape index (κ2) is 33.6. The minimum atomic E-state index is 0.908. The molecule has 33 rings (SSSR count). The molecule has 0 spiro atoms. The first-order valence-electron chi connectivity index (χ1n) is 50.5. The van der Waals surface area contributed by atoms with Crippen LogP contribution in [0.15, 0.2) is 526 Å². The van der Waals surface area contributed by atoms with E-state index >= 15 is 0 Å². The first kappa shape index (κ1) is 83.2. The van der Waals surface area contributed by atoms with Gasteiger partial charge in [0.2, 0.25) is 0 Å². The largest absolute Gasteiger partial charge is 0.456 e. The molecule has 0 fully saturated rings. The molecule has 7 nitrogen and oxygen atoms in total. The van der Waals surface area contributed by atoms with Crippen LogP contribution in [0.3, 0.4) is 0 Å². The average Bonchev–Trinajstić information content (AvgIpc) is 1.56. The number of hydrogen-bond donors (Lipinski definition) is 0. The Kier molecular flexibility index (Phi) is 19.0. The van der Waals surface area contributed by atoms with Crippen molar-refractivity contribution in [2.75, 3.05) is 0 Å². The number of fused-ring (bicyclic) bond motifs is 44. The molecule has 0 atom stereocenters. The molecule has 7 aromatic heterocycles. The Morgan fingerprint density at radius 2 is 0.456 bits per heavy atom. The lowest BCUT2D eigenvalue weighted by Gasteiger charge is -2.14. The third-order valence-corrected chi connectivity index (χ3v) is 30.9. The van der Waals surface area contributed by atoms with Gasteiger partial charge in [-0.1, -0.05) is 419 Å².